The number of aldehydes is 1. The number of carbonyl (C=O) groups excluding carboxylic acids is 1. The number of hydrogen-bond acceptors (Lipinski definition) is 4. The first-order valence-electron chi connectivity index (χ1n) is 6.24. The second-order valence-corrected chi connectivity index (χ2v) is 5.86. The minimum absolute atomic E-state index is 0.637. The van der Waals surface area contributed by atoms with Gasteiger partial charge < -0.3 is 0 Å². The van der Waals surface area contributed by atoms with Crippen LogP contribution in [0.5, 0.6) is 0 Å². The minimum atomic E-state index is 0.637. The molecule has 2 aromatic heterocycles. The zero-order chi connectivity index (χ0) is 12.4. The molecule has 0 aliphatic carbocycles. The maximum atomic E-state index is 11.1. The Balaban J connectivity index is 1.93. The van der Waals surface area contributed by atoms with Crippen molar-refractivity contribution in [1.82, 2.24) is 14.6 Å². The summed E-state index contributed by atoms with van der Waals surface area (Å²) in [5.74, 6) is 4.08. The van der Waals surface area contributed by atoms with Gasteiger partial charge in [0.1, 0.15) is 5.82 Å². The third kappa shape index (κ3) is 2.14. The van der Waals surface area contributed by atoms with Crippen LogP contribution >= 0.6 is 11.8 Å². The van der Waals surface area contributed by atoms with Gasteiger partial charge in [0.25, 0.3) is 0 Å². The summed E-state index contributed by atoms with van der Waals surface area (Å²) >= 11 is 2.02. The molecule has 0 radical (unpaired) electrons. The maximum Gasteiger partial charge on any atom is 0.166 e. The van der Waals surface area contributed by atoms with E-state index in [2.05, 4.69) is 10.2 Å². The fourth-order valence-electron chi connectivity index (χ4n) is 2.46. The van der Waals surface area contributed by atoms with E-state index in [0.29, 0.717) is 11.6 Å². The zero-order valence-electron chi connectivity index (χ0n) is 10.1. The summed E-state index contributed by atoms with van der Waals surface area (Å²) in [6.07, 6.45) is 4.27. The summed E-state index contributed by atoms with van der Waals surface area (Å²) in [7, 11) is 0. The lowest BCUT2D eigenvalue weighted by atomic mass is 9.98. The number of fused-ring (bicyclic) bond motifs is 1. The molecule has 5 heteroatoms. The van der Waals surface area contributed by atoms with Gasteiger partial charge in [-0.3, -0.25) is 9.20 Å². The molecule has 0 bridgehead atoms. The minimum Gasteiger partial charge on any atom is -0.296 e. The molecular weight excluding hydrogens is 246 g/mol. The molecule has 1 saturated heterocycles. The van der Waals surface area contributed by atoms with Gasteiger partial charge in [-0.1, -0.05) is 6.07 Å². The number of carbonyl (C=O) groups is 1. The van der Waals surface area contributed by atoms with Gasteiger partial charge in [0.2, 0.25) is 0 Å². The van der Waals surface area contributed by atoms with Crippen LogP contribution in [-0.2, 0) is 6.42 Å². The number of thioether (sulfide) groups is 1. The fraction of sp³-hybridized carbons (Fsp3) is 0.462. The Morgan fingerprint density at radius 1 is 1.33 bits per heavy atom. The summed E-state index contributed by atoms with van der Waals surface area (Å²) in [6, 6.07) is 5.54. The predicted octanol–water partition coefficient (Wildman–Crippen LogP) is 2.23. The zero-order valence-corrected chi connectivity index (χ0v) is 10.9. The highest BCUT2D eigenvalue weighted by Crippen LogP contribution is 2.25. The van der Waals surface area contributed by atoms with Gasteiger partial charge in [-0.25, -0.2) is 0 Å². The van der Waals surface area contributed by atoms with E-state index in [9.17, 15) is 4.79 Å². The first-order valence-corrected chi connectivity index (χ1v) is 7.40. The first-order chi connectivity index (χ1) is 8.88. The number of aromatic nitrogens is 3. The second-order valence-electron chi connectivity index (χ2n) is 4.64. The standard InChI is InChI=1S/C13H15N3OS/c17-9-11-2-1-3-12-14-15-13(16(11)12)8-10-4-6-18-7-5-10/h1-3,9-10H,4-8H2. The van der Waals surface area contributed by atoms with Crippen molar-refractivity contribution in [3.8, 4) is 0 Å². The molecule has 1 aliphatic heterocycles. The Hall–Kier alpha value is -1.36. The van der Waals surface area contributed by atoms with E-state index >= 15 is 0 Å². The molecule has 0 unspecified atom stereocenters. The maximum absolute atomic E-state index is 11.1. The van der Waals surface area contributed by atoms with Crippen LogP contribution in [-0.4, -0.2) is 32.4 Å². The lowest BCUT2D eigenvalue weighted by Crippen LogP contribution is -2.14. The third-order valence-corrected chi connectivity index (χ3v) is 4.51. The lowest BCUT2D eigenvalue weighted by molar-refractivity contribution is 0.111. The summed E-state index contributed by atoms with van der Waals surface area (Å²) < 4.78 is 1.88. The lowest BCUT2D eigenvalue weighted by Gasteiger charge is -2.20. The molecule has 0 spiro atoms. The average Bonchev–Trinajstić information content (AvgIpc) is 2.83. The van der Waals surface area contributed by atoms with E-state index in [4.69, 9.17) is 0 Å². The summed E-state index contributed by atoms with van der Waals surface area (Å²) in [6.45, 7) is 0. The molecule has 2 aromatic rings. The fourth-order valence-corrected chi connectivity index (χ4v) is 3.66. The largest absolute Gasteiger partial charge is 0.296 e. The molecule has 4 nitrogen and oxygen atoms in total. The molecular formula is C13H15N3OS. The van der Waals surface area contributed by atoms with E-state index in [1.807, 2.05) is 34.4 Å². The van der Waals surface area contributed by atoms with E-state index in [1.54, 1.807) is 0 Å². The van der Waals surface area contributed by atoms with Gasteiger partial charge in [-0.05, 0) is 42.4 Å². The average molecular weight is 261 g/mol. The number of nitrogens with zero attached hydrogens (tertiary/aromatic N) is 3. The molecule has 1 fully saturated rings. The van der Waals surface area contributed by atoms with Crippen molar-refractivity contribution in [1.29, 1.82) is 0 Å². The topological polar surface area (TPSA) is 47.3 Å². The Labute approximate surface area is 110 Å². The summed E-state index contributed by atoms with van der Waals surface area (Å²) in [5.41, 5.74) is 1.40. The van der Waals surface area contributed by atoms with Crippen LogP contribution in [0.2, 0.25) is 0 Å². The molecule has 0 atom stereocenters. The summed E-state index contributed by atoms with van der Waals surface area (Å²) in [5, 5.41) is 8.39. The Morgan fingerprint density at radius 2 is 2.17 bits per heavy atom. The van der Waals surface area contributed by atoms with Crippen molar-refractivity contribution < 1.29 is 4.79 Å². The highest BCUT2D eigenvalue weighted by atomic mass is 32.2. The van der Waals surface area contributed by atoms with Crippen LogP contribution in [0.15, 0.2) is 18.2 Å². The van der Waals surface area contributed by atoms with Crippen molar-refractivity contribution >= 4 is 23.7 Å². The van der Waals surface area contributed by atoms with Crippen LogP contribution in [0.3, 0.4) is 0 Å². The SMILES string of the molecule is O=Cc1cccc2nnc(CC3CCSCC3)n12. The highest BCUT2D eigenvalue weighted by molar-refractivity contribution is 7.99. The molecule has 0 amide bonds. The smallest absolute Gasteiger partial charge is 0.166 e. The van der Waals surface area contributed by atoms with Crippen LogP contribution in [0.4, 0.5) is 0 Å². The van der Waals surface area contributed by atoms with Crippen LogP contribution in [0.25, 0.3) is 5.65 Å². The molecule has 0 aromatic carbocycles. The van der Waals surface area contributed by atoms with E-state index in [-0.39, 0.29) is 0 Å². The monoisotopic (exact) mass is 261 g/mol. The van der Waals surface area contributed by atoms with Crippen LogP contribution in [0, 0.1) is 5.92 Å². The van der Waals surface area contributed by atoms with Crippen molar-refractivity contribution in [2.45, 2.75) is 19.3 Å². The normalized spacial score (nSPS) is 17.1. The molecule has 0 saturated carbocycles. The molecule has 94 valence electrons. The van der Waals surface area contributed by atoms with Crippen LogP contribution < -0.4 is 0 Å². The summed E-state index contributed by atoms with van der Waals surface area (Å²) in [4.78, 5) is 11.1. The molecule has 18 heavy (non-hydrogen) atoms. The Morgan fingerprint density at radius 3 is 2.94 bits per heavy atom. The number of rotatable bonds is 3. The molecule has 0 N–H and O–H groups in total. The Bertz CT molecular complexity index is 560. The van der Waals surface area contributed by atoms with E-state index < -0.39 is 0 Å². The predicted molar refractivity (Wildman–Crippen MR) is 72.1 cm³/mol. The van der Waals surface area contributed by atoms with Crippen molar-refractivity contribution in [3.05, 3.63) is 29.7 Å². The van der Waals surface area contributed by atoms with Gasteiger partial charge in [0.15, 0.2) is 11.9 Å². The number of pyridine rings is 1. The van der Waals surface area contributed by atoms with Crippen molar-refractivity contribution in [2.75, 3.05) is 11.5 Å². The van der Waals surface area contributed by atoms with Crippen molar-refractivity contribution in [2.24, 2.45) is 5.92 Å². The molecule has 3 heterocycles. The molecule has 1 aliphatic rings. The second kappa shape index (κ2) is 5.10. The van der Waals surface area contributed by atoms with Crippen molar-refractivity contribution in [3.63, 3.8) is 0 Å². The first kappa shape index (κ1) is 11.7. The molecule has 3 rings (SSSR count). The van der Waals surface area contributed by atoms with E-state index in [0.717, 1.165) is 24.2 Å². The Kier molecular flexibility index (Phi) is 3.32. The van der Waals surface area contributed by atoms with Crippen LogP contribution in [0.1, 0.15) is 29.2 Å². The van der Waals surface area contributed by atoms with E-state index in [1.165, 1.54) is 24.3 Å². The third-order valence-electron chi connectivity index (χ3n) is 3.46. The number of hydrogen-bond donors (Lipinski definition) is 0. The quantitative estimate of drug-likeness (QED) is 0.795. The van der Waals surface area contributed by atoms with Gasteiger partial charge in [-0.15, -0.1) is 10.2 Å². The van der Waals surface area contributed by atoms with Gasteiger partial charge in [-0.2, -0.15) is 11.8 Å². The van der Waals surface area contributed by atoms with Gasteiger partial charge in [0.05, 0.1) is 5.69 Å². The van der Waals surface area contributed by atoms with Gasteiger partial charge in [0, 0.05) is 6.42 Å². The highest BCUT2D eigenvalue weighted by Gasteiger charge is 2.18. The van der Waals surface area contributed by atoms with Gasteiger partial charge >= 0.3 is 0 Å².